The molecule has 0 spiro atoms. The Balaban J connectivity index is 2.32. The molecule has 1 aromatic carbocycles. The highest BCUT2D eigenvalue weighted by Crippen LogP contribution is 2.40. The maximum absolute atomic E-state index is 5.73. The minimum Gasteiger partial charge on any atom is -0.454 e. The minimum absolute atomic E-state index is 0.155. The number of hydrogen-bond donors (Lipinski definition) is 1. The van der Waals surface area contributed by atoms with Crippen molar-refractivity contribution in [3.63, 3.8) is 0 Å². The summed E-state index contributed by atoms with van der Waals surface area (Å²) in [5.74, 6) is 1.59. The van der Waals surface area contributed by atoms with Crippen molar-refractivity contribution in [3.05, 3.63) is 22.2 Å². The van der Waals surface area contributed by atoms with E-state index in [0.717, 1.165) is 28.0 Å². The zero-order valence-corrected chi connectivity index (χ0v) is 9.50. The van der Waals surface area contributed by atoms with Crippen LogP contribution in [0.2, 0.25) is 0 Å². The van der Waals surface area contributed by atoms with Crippen molar-refractivity contribution in [3.8, 4) is 11.5 Å². The first-order valence-electron chi connectivity index (χ1n) is 4.50. The molecule has 76 valence electrons. The Labute approximate surface area is 91.3 Å². The predicted molar refractivity (Wildman–Crippen MR) is 57.6 cm³/mol. The van der Waals surface area contributed by atoms with Crippen LogP contribution < -0.4 is 15.2 Å². The van der Waals surface area contributed by atoms with Crippen LogP contribution in [0.4, 0.5) is 0 Å². The summed E-state index contributed by atoms with van der Waals surface area (Å²) < 4.78 is 11.5. The molecule has 1 aliphatic heterocycles. The molecule has 2 rings (SSSR count). The fraction of sp³-hybridized carbons (Fsp3) is 0.400. The van der Waals surface area contributed by atoms with Gasteiger partial charge in [-0.25, -0.2) is 0 Å². The highest BCUT2D eigenvalue weighted by Gasteiger charge is 2.17. The van der Waals surface area contributed by atoms with E-state index in [1.807, 2.05) is 19.1 Å². The zero-order chi connectivity index (χ0) is 10.1. The molecule has 1 atom stereocenters. The fourth-order valence-corrected chi connectivity index (χ4v) is 2.11. The first-order chi connectivity index (χ1) is 6.66. The number of rotatable bonds is 2. The van der Waals surface area contributed by atoms with Gasteiger partial charge in [0, 0.05) is 6.04 Å². The molecule has 0 aliphatic carbocycles. The molecule has 1 aromatic rings. The van der Waals surface area contributed by atoms with E-state index >= 15 is 0 Å². The molecule has 0 fully saturated rings. The van der Waals surface area contributed by atoms with Crippen molar-refractivity contribution in [2.45, 2.75) is 19.4 Å². The molecule has 2 N–H and O–H groups in total. The fourth-order valence-electron chi connectivity index (χ4n) is 1.51. The summed E-state index contributed by atoms with van der Waals surface area (Å²) in [6.07, 6.45) is 0.842. The Kier molecular flexibility index (Phi) is 2.65. The summed E-state index contributed by atoms with van der Waals surface area (Å²) in [6, 6.07) is 4.16. The number of nitrogens with two attached hydrogens (primary N) is 1. The molecule has 0 saturated carbocycles. The number of fused-ring (bicyclic) bond motifs is 1. The highest BCUT2D eigenvalue weighted by atomic mass is 79.9. The van der Waals surface area contributed by atoms with Gasteiger partial charge in [0.1, 0.15) is 0 Å². The van der Waals surface area contributed by atoms with Gasteiger partial charge in [-0.3, -0.25) is 0 Å². The lowest BCUT2D eigenvalue weighted by Gasteiger charge is -2.07. The maximum atomic E-state index is 5.73. The second kappa shape index (κ2) is 3.79. The van der Waals surface area contributed by atoms with Crippen LogP contribution >= 0.6 is 15.9 Å². The summed E-state index contributed by atoms with van der Waals surface area (Å²) in [7, 11) is 0. The maximum Gasteiger partial charge on any atom is 0.231 e. The summed E-state index contributed by atoms with van der Waals surface area (Å²) in [4.78, 5) is 0. The number of ether oxygens (including phenoxy) is 2. The minimum atomic E-state index is 0.155. The van der Waals surface area contributed by atoms with E-state index in [4.69, 9.17) is 15.2 Å². The van der Waals surface area contributed by atoms with Gasteiger partial charge in [-0.15, -0.1) is 0 Å². The molecule has 0 amide bonds. The van der Waals surface area contributed by atoms with Gasteiger partial charge in [0.2, 0.25) is 6.79 Å². The second-order valence-corrected chi connectivity index (χ2v) is 4.35. The van der Waals surface area contributed by atoms with E-state index in [-0.39, 0.29) is 6.04 Å². The van der Waals surface area contributed by atoms with Crippen molar-refractivity contribution in [2.24, 2.45) is 5.73 Å². The number of halogens is 1. The van der Waals surface area contributed by atoms with Gasteiger partial charge in [0.25, 0.3) is 0 Å². The van der Waals surface area contributed by atoms with Gasteiger partial charge in [-0.1, -0.05) is 0 Å². The average Bonchev–Trinajstić information content (AvgIpc) is 2.50. The molecule has 0 bridgehead atoms. The number of benzene rings is 1. The largest absolute Gasteiger partial charge is 0.454 e. The van der Waals surface area contributed by atoms with E-state index in [0.29, 0.717) is 6.79 Å². The van der Waals surface area contributed by atoms with Crippen LogP contribution in [0.15, 0.2) is 16.6 Å². The van der Waals surface area contributed by atoms with E-state index in [2.05, 4.69) is 15.9 Å². The van der Waals surface area contributed by atoms with Crippen LogP contribution in [0.1, 0.15) is 12.5 Å². The Morgan fingerprint density at radius 3 is 3.00 bits per heavy atom. The van der Waals surface area contributed by atoms with Crippen molar-refractivity contribution in [2.75, 3.05) is 6.79 Å². The zero-order valence-electron chi connectivity index (χ0n) is 7.92. The average molecular weight is 258 g/mol. The van der Waals surface area contributed by atoms with E-state index < -0.39 is 0 Å². The molecule has 0 saturated heterocycles. The van der Waals surface area contributed by atoms with Crippen molar-refractivity contribution in [1.29, 1.82) is 0 Å². The smallest absolute Gasteiger partial charge is 0.231 e. The highest BCUT2D eigenvalue weighted by molar-refractivity contribution is 9.10. The second-order valence-electron chi connectivity index (χ2n) is 3.49. The lowest BCUT2D eigenvalue weighted by atomic mass is 10.1. The molecule has 1 aliphatic rings. The Morgan fingerprint density at radius 2 is 2.29 bits per heavy atom. The van der Waals surface area contributed by atoms with E-state index in [1.54, 1.807) is 0 Å². The lowest BCUT2D eigenvalue weighted by molar-refractivity contribution is 0.173. The molecule has 1 heterocycles. The third kappa shape index (κ3) is 1.86. The van der Waals surface area contributed by atoms with Gasteiger partial charge in [-0.05, 0) is 47.0 Å². The third-order valence-corrected chi connectivity index (χ3v) is 2.63. The standard InChI is InChI=1S/C10H12BrNO2/c1-6(12)2-7-3-8(11)10-9(4-7)13-5-14-10/h3-4,6H,2,5,12H2,1H3. The Morgan fingerprint density at radius 1 is 1.50 bits per heavy atom. The van der Waals surface area contributed by atoms with Crippen molar-refractivity contribution >= 4 is 15.9 Å². The number of hydrogen-bond acceptors (Lipinski definition) is 3. The quantitative estimate of drug-likeness (QED) is 0.883. The summed E-state index contributed by atoms with van der Waals surface area (Å²) >= 11 is 3.44. The molecule has 3 nitrogen and oxygen atoms in total. The molecule has 14 heavy (non-hydrogen) atoms. The van der Waals surface area contributed by atoms with Gasteiger partial charge < -0.3 is 15.2 Å². The van der Waals surface area contributed by atoms with Crippen molar-refractivity contribution < 1.29 is 9.47 Å². The van der Waals surface area contributed by atoms with Crippen LogP contribution in [0.25, 0.3) is 0 Å². The molecular weight excluding hydrogens is 246 g/mol. The molecule has 4 heteroatoms. The third-order valence-electron chi connectivity index (χ3n) is 2.04. The van der Waals surface area contributed by atoms with Crippen LogP contribution in [0, 0.1) is 0 Å². The van der Waals surface area contributed by atoms with Gasteiger partial charge in [0.05, 0.1) is 4.47 Å². The molecule has 0 aromatic heterocycles. The van der Waals surface area contributed by atoms with E-state index in [1.165, 1.54) is 0 Å². The summed E-state index contributed by atoms with van der Waals surface area (Å²) in [5, 5.41) is 0. The van der Waals surface area contributed by atoms with Gasteiger partial charge in [-0.2, -0.15) is 0 Å². The van der Waals surface area contributed by atoms with Crippen LogP contribution in [-0.2, 0) is 6.42 Å². The van der Waals surface area contributed by atoms with Crippen LogP contribution in [0.5, 0.6) is 11.5 Å². The van der Waals surface area contributed by atoms with E-state index in [9.17, 15) is 0 Å². The van der Waals surface area contributed by atoms with Crippen LogP contribution in [0.3, 0.4) is 0 Å². The normalized spacial score (nSPS) is 15.6. The van der Waals surface area contributed by atoms with Gasteiger partial charge >= 0.3 is 0 Å². The van der Waals surface area contributed by atoms with Crippen molar-refractivity contribution in [1.82, 2.24) is 0 Å². The molecule has 1 unspecified atom stereocenters. The predicted octanol–water partition coefficient (Wildman–Crippen LogP) is 2.07. The topological polar surface area (TPSA) is 44.5 Å². The molecular formula is C10H12BrNO2. The SMILES string of the molecule is CC(N)Cc1cc(Br)c2c(c1)OCO2. The monoisotopic (exact) mass is 257 g/mol. The first kappa shape index (κ1) is 9.80. The molecule has 0 radical (unpaired) electrons. The Hall–Kier alpha value is -0.740. The first-order valence-corrected chi connectivity index (χ1v) is 5.29. The van der Waals surface area contributed by atoms with Gasteiger partial charge in [0.15, 0.2) is 11.5 Å². The lowest BCUT2D eigenvalue weighted by Crippen LogP contribution is -2.17. The summed E-state index contributed by atoms with van der Waals surface area (Å²) in [5.41, 5.74) is 6.90. The Bertz CT molecular complexity index is 352. The van der Waals surface area contributed by atoms with Crippen LogP contribution in [-0.4, -0.2) is 12.8 Å². The summed E-state index contributed by atoms with van der Waals surface area (Å²) in [6.45, 7) is 2.29.